The number of hydrogen-bond donors (Lipinski definition) is 1. The third kappa shape index (κ3) is 5.12. The van der Waals surface area contributed by atoms with Crippen molar-refractivity contribution in [3.63, 3.8) is 0 Å². The van der Waals surface area contributed by atoms with E-state index in [4.69, 9.17) is 18.9 Å². The van der Waals surface area contributed by atoms with Crippen molar-refractivity contribution in [2.75, 3.05) is 26.1 Å². The number of thiophene rings is 1. The highest BCUT2D eigenvalue weighted by Crippen LogP contribution is 2.34. The monoisotopic (exact) mass is 570 g/mol. The summed E-state index contributed by atoms with van der Waals surface area (Å²) in [5, 5.41) is 2.87. The van der Waals surface area contributed by atoms with Gasteiger partial charge in [0.25, 0.3) is 11.8 Å². The zero-order valence-electron chi connectivity index (χ0n) is 22.6. The van der Waals surface area contributed by atoms with E-state index in [0.29, 0.717) is 64.3 Å². The van der Waals surface area contributed by atoms with E-state index < -0.39 is 5.91 Å². The maximum Gasteiger partial charge on any atom is 0.261 e. The van der Waals surface area contributed by atoms with Crippen molar-refractivity contribution in [2.45, 2.75) is 20.1 Å². The molecule has 1 amide bonds. The largest absolute Gasteiger partial charge is 0.491 e. The summed E-state index contributed by atoms with van der Waals surface area (Å²) in [6.07, 6.45) is 3.45. The molecule has 1 aliphatic rings. The van der Waals surface area contributed by atoms with Crippen LogP contribution < -0.4 is 25.0 Å². The predicted octanol–water partition coefficient (Wildman–Crippen LogP) is 5.42. The number of benzene rings is 1. The average Bonchev–Trinajstić information content (AvgIpc) is 3.43. The number of pyridine rings is 3. The van der Waals surface area contributed by atoms with Gasteiger partial charge in [0.15, 0.2) is 11.5 Å². The minimum atomic E-state index is -0.488. The molecule has 11 heteroatoms. The topological polar surface area (TPSA) is 114 Å². The van der Waals surface area contributed by atoms with Crippen molar-refractivity contribution in [1.29, 1.82) is 0 Å². The van der Waals surface area contributed by atoms with Crippen molar-refractivity contribution in [3.8, 4) is 33.6 Å². The maximum absolute atomic E-state index is 13.6. The number of anilines is 1. The molecule has 0 bridgehead atoms. The van der Waals surface area contributed by atoms with Crippen LogP contribution in [0.15, 0.2) is 65.7 Å². The van der Waals surface area contributed by atoms with Crippen molar-refractivity contribution < 1.29 is 23.7 Å². The minimum Gasteiger partial charge on any atom is -0.491 e. The van der Waals surface area contributed by atoms with Gasteiger partial charge in [0, 0.05) is 46.5 Å². The number of methoxy groups -OCH3 is 2. The second kappa shape index (κ2) is 11.0. The van der Waals surface area contributed by atoms with Crippen LogP contribution in [-0.2, 0) is 17.9 Å². The van der Waals surface area contributed by atoms with Gasteiger partial charge in [-0.3, -0.25) is 14.6 Å². The normalized spacial score (nSPS) is 12.6. The summed E-state index contributed by atoms with van der Waals surface area (Å²) in [6, 6.07) is 14.2. The van der Waals surface area contributed by atoms with Crippen LogP contribution in [0, 0.1) is 6.92 Å². The molecule has 0 fully saturated rings. The zero-order valence-corrected chi connectivity index (χ0v) is 23.4. The number of fused-ring (bicyclic) bond motifs is 2. The van der Waals surface area contributed by atoms with E-state index in [-0.39, 0.29) is 17.6 Å². The molecule has 5 heterocycles. The lowest BCUT2D eigenvalue weighted by Crippen LogP contribution is -2.31. The number of ether oxygens (including phenoxy) is 4. The fourth-order valence-electron chi connectivity index (χ4n) is 4.69. The lowest BCUT2D eigenvalue weighted by Gasteiger charge is -2.23. The summed E-state index contributed by atoms with van der Waals surface area (Å²) in [7, 11) is 3.05. The Morgan fingerprint density at radius 1 is 1.07 bits per heavy atom. The fourth-order valence-corrected chi connectivity index (χ4v) is 5.57. The molecule has 0 aliphatic carbocycles. The molecule has 1 aromatic carbocycles. The van der Waals surface area contributed by atoms with Gasteiger partial charge in [-0.15, -0.1) is 11.3 Å². The highest BCUT2D eigenvalue weighted by Gasteiger charge is 2.25. The fraction of sp³-hybridized carbons (Fsp3) is 0.200. The van der Waals surface area contributed by atoms with Crippen LogP contribution in [0.4, 0.5) is 5.69 Å². The lowest BCUT2D eigenvalue weighted by molar-refractivity contribution is 0.0809. The molecule has 4 aromatic heterocycles. The number of aryl methyl sites for hydroxylation is 1. The van der Waals surface area contributed by atoms with Crippen LogP contribution in [0.1, 0.15) is 20.9 Å². The molecule has 0 saturated carbocycles. The number of nitrogens with one attached hydrogen (secondary N) is 1. The molecule has 208 valence electrons. The minimum absolute atomic E-state index is 0.0901. The molecule has 10 nitrogen and oxygen atoms in total. The number of aromatic nitrogens is 3. The molecule has 1 aliphatic heterocycles. The van der Waals surface area contributed by atoms with Crippen LogP contribution in [-0.4, -0.2) is 41.3 Å². The van der Waals surface area contributed by atoms with Gasteiger partial charge in [-0.2, -0.15) is 0 Å². The number of carbonyl (C=O) groups excluding carboxylic acids is 1. The lowest BCUT2D eigenvalue weighted by atomic mass is 10.1. The van der Waals surface area contributed by atoms with Gasteiger partial charge in [0.2, 0.25) is 5.43 Å². The van der Waals surface area contributed by atoms with Gasteiger partial charge in [-0.05, 0) is 43.3 Å². The third-order valence-corrected chi connectivity index (χ3v) is 7.73. The van der Waals surface area contributed by atoms with Gasteiger partial charge < -0.3 is 28.8 Å². The summed E-state index contributed by atoms with van der Waals surface area (Å²) in [5.74, 6) is 1.30. The molecule has 0 atom stereocenters. The second-order valence-electron chi connectivity index (χ2n) is 9.31. The molecule has 5 aromatic rings. The van der Waals surface area contributed by atoms with E-state index in [0.717, 1.165) is 9.75 Å². The van der Waals surface area contributed by atoms with E-state index >= 15 is 0 Å². The van der Waals surface area contributed by atoms with Crippen molar-refractivity contribution in [2.24, 2.45) is 0 Å². The Morgan fingerprint density at radius 3 is 2.63 bits per heavy atom. The Labute approximate surface area is 239 Å². The molecule has 0 spiro atoms. The first-order valence-electron chi connectivity index (χ1n) is 12.8. The van der Waals surface area contributed by atoms with Crippen LogP contribution >= 0.6 is 11.3 Å². The first-order chi connectivity index (χ1) is 19.9. The molecular formula is C30H26N4O6S. The summed E-state index contributed by atoms with van der Waals surface area (Å²) < 4.78 is 24.3. The third-order valence-electron chi connectivity index (χ3n) is 6.70. The quantitative estimate of drug-likeness (QED) is 0.276. The van der Waals surface area contributed by atoms with Crippen molar-refractivity contribution >= 4 is 34.0 Å². The Balaban J connectivity index is 1.27. The highest BCUT2D eigenvalue weighted by atomic mass is 32.1. The predicted molar refractivity (Wildman–Crippen MR) is 156 cm³/mol. The van der Waals surface area contributed by atoms with E-state index in [1.165, 1.54) is 25.6 Å². The van der Waals surface area contributed by atoms with E-state index in [1.807, 2.05) is 29.8 Å². The molecule has 0 radical (unpaired) electrons. The van der Waals surface area contributed by atoms with Crippen molar-refractivity contribution in [3.05, 3.63) is 87.3 Å². The molecule has 41 heavy (non-hydrogen) atoms. The van der Waals surface area contributed by atoms with Crippen LogP contribution in [0.2, 0.25) is 0 Å². The van der Waals surface area contributed by atoms with Gasteiger partial charge in [-0.1, -0.05) is 0 Å². The first-order valence-corrected chi connectivity index (χ1v) is 13.6. The van der Waals surface area contributed by atoms with E-state index in [9.17, 15) is 9.59 Å². The Kier molecular flexibility index (Phi) is 7.12. The first kappa shape index (κ1) is 26.5. The zero-order chi connectivity index (χ0) is 28.5. The molecule has 1 N–H and O–H groups in total. The Morgan fingerprint density at radius 2 is 1.90 bits per heavy atom. The summed E-state index contributed by atoms with van der Waals surface area (Å²) in [6.45, 7) is 3.26. The highest BCUT2D eigenvalue weighted by molar-refractivity contribution is 7.15. The van der Waals surface area contributed by atoms with Gasteiger partial charge in [0.1, 0.15) is 16.8 Å². The molecule has 0 unspecified atom stereocenters. The van der Waals surface area contributed by atoms with E-state index in [2.05, 4.69) is 15.3 Å². The van der Waals surface area contributed by atoms with Crippen molar-refractivity contribution in [1.82, 2.24) is 14.5 Å². The summed E-state index contributed by atoms with van der Waals surface area (Å²) in [5.41, 5.74) is 2.46. The number of amides is 1. The number of nitrogens with zero attached hydrogens (tertiary/aromatic N) is 3. The summed E-state index contributed by atoms with van der Waals surface area (Å²) >= 11 is 1.52. The molecule has 0 saturated heterocycles. The molecular weight excluding hydrogens is 544 g/mol. The van der Waals surface area contributed by atoms with Gasteiger partial charge in [0.05, 0.1) is 44.2 Å². The standard InChI is InChI=1S/C30H26N4O6S/c1-17-4-9-25(41-17)20-15-34-12-13-39-16-22(34)26(28(20)35)29(36)32-18-5-7-19(8-6-18)40-23-10-11-31-21-14-24(37-2)30(38-3)33-27(21)23/h4-11,14-15H,12-13,16H2,1-3H3,(H,32,36). The van der Waals surface area contributed by atoms with Gasteiger partial charge >= 0.3 is 0 Å². The Hall–Kier alpha value is -4.74. The smallest absolute Gasteiger partial charge is 0.261 e. The second-order valence-corrected chi connectivity index (χ2v) is 10.6. The van der Waals surface area contributed by atoms with E-state index in [1.54, 1.807) is 42.6 Å². The average molecular weight is 571 g/mol. The van der Waals surface area contributed by atoms with Crippen LogP contribution in [0.5, 0.6) is 23.1 Å². The number of hydrogen-bond acceptors (Lipinski definition) is 9. The SMILES string of the molecule is COc1cc2nccc(Oc3ccc(NC(=O)c4c5n(cc(-c6ccc(C)s6)c4=O)CCOC5)cc3)c2nc1OC. The molecule has 6 rings (SSSR count). The Bertz CT molecular complexity index is 1830. The maximum atomic E-state index is 13.6. The number of carbonyl (C=O) groups is 1. The summed E-state index contributed by atoms with van der Waals surface area (Å²) in [4.78, 5) is 37.8. The number of rotatable bonds is 7. The van der Waals surface area contributed by atoms with Gasteiger partial charge in [-0.25, -0.2) is 4.98 Å². The van der Waals surface area contributed by atoms with Crippen LogP contribution in [0.25, 0.3) is 21.5 Å². The van der Waals surface area contributed by atoms with Crippen LogP contribution in [0.3, 0.4) is 0 Å².